The zero-order valence-corrected chi connectivity index (χ0v) is 12.0. The number of hydrogen-bond acceptors (Lipinski definition) is 5. The number of anilines is 1. The number of aromatic nitrogens is 2. The number of thioether (sulfide) groups is 1. The molecule has 2 N–H and O–H groups in total. The quantitative estimate of drug-likeness (QED) is 0.860. The van der Waals surface area contributed by atoms with Crippen LogP contribution in [0.2, 0.25) is 0 Å². The fourth-order valence-electron chi connectivity index (χ4n) is 2.00. The molecule has 1 amide bonds. The van der Waals surface area contributed by atoms with E-state index in [1.807, 2.05) is 24.8 Å². The van der Waals surface area contributed by atoms with Crippen LogP contribution in [-0.2, 0) is 0 Å². The van der Waals surface area contributed by atoms with Gasteiger partial charge < -0.3 is 10.6 Å². The van der Waals surface area contributed by atoms with Crippen LogP contribution in [0.4, 0.5) is 5.82 Å². The Morgan fingerprint density at radius 1 is 1.37 bits per heavy atom. The molecule has 0 unspecified atom stereocenters. The molecule has 5 nitrogen and oxygen atoms in total. The minimum Gasteiger partial charge on any atom is -0.368 e. The third-order valence-corrected chi connectivity index (χ3v) is 4.20. The molecule has 0 aromatic carbocycles. The fourth-order valence-corrected chi connectivity index (χ4v) is 3.20. The predicted octanol–water partition coefficient (Wildman–Crippen LogP) is 1.78. The molecule has 1 aromatic heterocycles. The van der Waals surface area contributed by atoms with Gasteiger partial charge in [-0.25, -0.2) is 0 Å². The predicted molar refractivity (Wildman–Crippen MR) is 78.6 cm³/mol. The van der Waals surface area contributed by atoms with E-state index in [0.717, 1.165) is 18.3 Å². The zero-order valence-electron chi connectivity index (χ0n) is 11.2. The highest BCUT2D eigenvalue weighted by Gasteiger charge is 2.13. The second kappa shape index (κ2) is 7.33. The third kappa shape index (κ3) is 4.38. The fraction of sp³-hybridized carbons (Fsp3) is 0.615. The van der Waals surface area contributed by atoms with Crippen LogP contribution in [0.15, 0.2) is 12.1 Å². The smallest absolute Gasteiger partial charge is 0.271 e. The van der Waals surface area contributed by atoms with E-state index >= 15 is 0 Å². The molecule has 2 heterocycles. The van der Waals surface area contributed by atoms with Crippen molar-refractivity contribution in [1.82, 2.24) is 15.5 Å². The van der Waals surface area contributed by atoms with Gasteiger partial charge in [0.05, 0.1) is 0 Å². The number of rotatable bonds is 5. The van der Waals surface area contributed by atoms with Crippen molar-refractivity contribution in [3.63, 3.8) is 0 Å². The Morgan fingerprint density at radius 3 is 2.79 bits per heavy atom. The maximum absolute atomic E-state index is 11.5. The number of carbonyl (C=O) groups is 1. The van der Waals surface area contributed by atoms with Gasteiger partial charge in [0.15, 0.2) is 5.69 Å². The van der Waals surface area contributed by atoms with Gasteiger partial charge in [-0.3, -0.25) is 4.79 Å². The lowest BCUT2D eigenvalue weighted by Gasteiger charge is -2.21. The highest BCUT2D eigenvalue weighted by molar-refractivity contribution is 7.99. The van der Waals surface area contributed by atoms with E-state index in [-0.39, 0.29) is 5.91 Å². The summed E-state index contributed by atoms with van der Waals surface area (Å²) in [7, 11) is 0. The first-order valence-electron chi connectivity index (χ1n) is 6.73. The molecule has 0 aliphatic carbocycles. The summed E-state index contributed by atoms with van der Waals surface area (Å²) in [5, 5.41) is 14.0. The van der Waals surface area contributed by atoms with Crippen LogP contribution in [0.25, 0.3) is 0 Å². The topological polar surface area (TPSA) is 66.9 Å². The number of carbonyl (C=O) groups excluding carboxylic acids is 1. The molecule has 104 valence electrons. The normalized spacial score (nSPS) is 16.1. The van der Waals surface area contributed by atoms with Gasteiger partial charge in [0.2, 0.25) is 0 Å². The van der Waals surface area contributed by atoms with Crippen LogP contribution >= 0.6 is 11.8 Å². The molecule has 1 saturated heterocycles. The summed E-state index contributed by atoms with van der Waals surface area (Å²) in [4.78, 5) is 11.5. The van der Waals surface area contributed by atoms with Gasteiger partial charge >= 0.3 is 0 Å². The lowest BCUT2D eigenvalue weighted by atomic mass is 10.0. The van der Waals surface area contributed by atoms with E-state index in [2.05, 4.69) is 20.8 Å². The number of nitrogens with zero attached hydrogens (tertiary/aromatic N) is 2. The summed E-state index contributed by atoms with van der Waals surface area (Å²) in [6.07, 6.45) is 2.53. The first-order chi connectivity index (χ1) is 9.29. The van der Waals surface area contributed by atoms with E-state index in [9.17, 15) is 4.79 Å². The lowest BCUT2D eigenvalue weighted by molar-refractivity contribution is 0.0950. The van der Waals surface area contributed by atoms with Crippen LogP contribution in [0.1, 0.15) is 30.3 Å². The lowest BCUT2D eigenvalue weighted by Crippen LogP contribution is -2.24. The largest absolute Gasteiger partial charge is 0.368 e. The molecule has 1 aromatic rings. The van der Waals surface area contributed by atoms with Crippen molar-refractivity contribution in [3.05, 3.63) is 17.8 Å². The average molecular weight is 280 g/mol. The molecule has 0 saturated carbocycles. The molecule has 0 radical (unpaired) electrons. The maximum Gasteiger partial charge on any atom is 0.271 e. The van der Waals surface area contributed by atoms with Crippen LogP contribution in [0.5, 0.6) is 0 Å². The highest BCUT2D eigenvalue weighted by Crippen LogP contribution is 2.22. The standard InChI is InChI=1S/C13H20N4OS/c1-2-14-13(18)11-3-4-12(17-16-11)15-9-10-5-7-19-8-6-10/h3-4,10H,2,5-9H2,1H3,(H,14,18)(H,15,17). The third-order valence-electron chi connectivity index (χ3n) is 3.15. The van der Waals surface area contributed by atoms with Gasteiger partial charge in [-0.15, -0.1) is 10.2 Å². The van der Waals surface area contributed by atoms with Crippen molar-refractivity contribution in [3.8, 4) is 0 Å². The minimum atomic E-state index is -0.175. The first kappa shape index (κ1) is 14.1. The van der Waals surface area contributed by atoms with Gasteiger partial charge in [0, 0.05) is 13.1 Å². The van der Waals surface area contributed by atoms with Crippen molar-refractivity contribution in [2.45, 2.75) is 19.8 Å². The second-order valence-electron chi connectivity index (χ2n) is 4.60. The molecule has 0 bridgehead atoms. The highest BCUT2D eigenvalue weighted by atomic mass is 32.2. The Kier molecular flexibility index (Phi) is 5.44. The molecular weight excluding hydrogens is 260 g/mol. The summed E-state index contributed by atoms with van der Waals surface area (Å²) in [6.45, 7) is 3.42. The Bertz CT molecular complexity index is 404. The summed E-state index contributed by atoms with van der Waals surface area (Å²) in [6, 6.07) is 3.52. The minimum absolute atomic E-state index is 0.175. The average Bonchev–Trinajstić information content (AvgIpc) is 2.47. The van der Waals surface area contributed by atoms with Crippen LogP contribution < -0.4 is 10.6 Å². The first-order valence-corrected chi connectivity index (χ1v) is 7.88. The Labute approximate surface area is 118 Å². The molecule has 1 aliphatic heterocycles. The van der Waals surface area contributed by atoms with Gasteiger partial charge in [-0.1, -0.05) is 0 Å². The van der Waals surface area contributed by atoms with E-state index in [0.29, 0.717) is 12.2 Å². The summed E-state index contributed by atoms with van der Waals surface area (Å²) < 4.78 is 0. The Hall–Kier alpha value is -1.30. The van der Waals surface area contributed by atoms with Crippen LogP contribution in [0.3, 0.4) is 0 Å². The summed E-state index contributed by atoms with van der Waals surface area (Å²) >= 11 is 2.03. The van der Waals surface area contributed by atoms with Gasteiger partial charge in [0.1, 0.15) is 5.82 Å². The van der Waals surface area contributed by atoms with Gasteiger partial charge in [-0.2, -0.15) is 11.8 Å². The van der Waals surface area contributed by atoms with Crippen molar-refractivity contribution in [1.29, 1.82) is 0 Å². The van der Waals surface area contributed by atoms with Crippen molar-refractivity contribution >= 4 is 23.5 Å². The number of nitrogens with one attached hydrogen (secondary N) is 2. The molecule has 0 spiro atoms. The molecule has 0 atom stereocenters. The molecule has 6 heteroatoms. The van der Waals surface area contributed by atoms with Crippen molar-refractivity contribution in [2.75, 3.05) is 29.9 Å². The van der Waals surface area contributed by atoms with Crippen molar-refractivity contribution < 1.29 is 4.79 Å². The van der Waals surface area contributed by atoms with E-state index in [4.69, 9.17) is 0 Å². The zero-order chi connectivity index (χ0) is 13.5. The molecule has 2 rings (SSSR count). The van der Waals surface area contributed by atoms with E-state index < -0.39 is 0 Å². The summed E-state index contributed by atoms with van der Waals surface area (Å²) in [5.41, 5.74) is 0.362. The Morgan fingerprint density at radius 2 is 2.16 bits per heavy atom. The molecule has 1 aliphatic rings. The molecule has 1 fully saturated rings. The molecule has 19 heavy (non-hydrogen) atoms. The van der Waals surface area contributed by atoms with Crippen molar-refractivity contribution in [2.24, 2.45) is 5.92 Å². The number of amides is 1. The van der Waals surface area contributed by atoms with E-state index in [1.54, 1.807) is 6.07 Å². The Balaban J connectivity index is 1.82. The van der Waals surface area contributed by atoms with Crippen LogP contribution in [0, 0.1) is 5.92 Å². The second-order valence-corrected chi connectivity index (χ2v) is 5.82. The molecular formula is C13H20N4OS. The van der Waals surface area contributed by atoms with Gasteiger partial charge in [-0.05, 0) is 49.3 Å². The maximum atomic E-state index is 11.5. The summed E-state index contributed by atoms with van der Waals surface area (Å²) in [5.74, 6) is 3.81. The monoisotopic (exact) mass is 280 g/mol. The van der Waals surface area contributed by atoms with Gasteiger partial charge in [0.25, 0.3) is 5.91 Å². The van der Waals surface area contributed by atoms with E-state index in [1.165, 1.54) is 24.3 Å². The number of hydrogen-bond donors (Lipinski definition) is 2. The van der Waals surface area contributed by atoms with Crippen LogP contribution in [-0.4, -0.2) is 40.7 Å². The SMILES string of the molecule is CCNC(=O)c1ccc(NCC2CCSCC2)nn1.